The van der Waals surface area contributed by atoms with Gasteiger partial charge in [0.25, 0.3) is 0 Å². The minimum Gasteiger partial charge on any atom is -0.496 e. The van der Waals surface area contributed by atoms with Crippen LogP contribution in [0.25, 0.3) is 16.9 Å². The van der Waals surface area contributed by atoms with Crippen molar-refractivity contribution in [3.05, 3.63) is 119 Å². The fourth-order valence-electron chi connectivity index (χ4n) is 5.13. The number of fused-ring (bicyclic) bond motifs is 1. The maximum absolute atomic E-state index is 13.9. The molecule has 10 heteroatoms. The summed E-state index contributed by atoms with van der Waals surface area (Å²) in [7, 11) is 1.64. The van der Waals surface area contributed by atoms with Crippen LogP contribution in [-0.2, 0) is 16.1 Å². The first-order valence-corrected chi connectivity index (χ1v) is 15.2. The second-order valence-electron chi connectivity index (χ2n) is 10.1. The molecule has 43 heavy (non-hydrogen) atoms. The average Bonchev–Trinajstić information content (AvgIpc) is 3.66. The van der Waals surface area contributed by atoms with Gasteiger partial charge in [-0.3, -0.25) is 14.5 Å². The minimum absolute atomic E-state index is 0.150. The molecule has 1 atom stereocenters. The molecule has 1 N–H and O–H groups in total. The number of para-hydroxylation sites is 1. The van der Waals surface area contributed by atoms with Crippen LogP contribution in [0.15, 0.2) is 95.6 Å². The lowest BCUT2D eigenvalue weighted by Gasteiger charge is -2.23. The number of aryl methyl sites for hydroxylation is 1. The third-order valence-electron chi connectivity index (χ3n) is 7.25. The van der Waals surface area contributed by atoms with Gasteiger partial charge in [-0.05, 0) is 49.4 Å². The quantitative estimate of drug-likeness (QED) is 0.213. The van der Waals surface area contributed by atoms with Crippen LogP contribution in [0.5, 0.6) is 5.75 Å². The van der Waals surface area contributed by atoms with Gasteiger partial charge in [0.05, 0.1) is 42.3 Å². The molecule has 218 valence electrons. The fraction of sp³-hybridized carbons (Fsp3) is 0.182. The highest BCUT2D eigenvalue weighted by atomic mass is 35.5. The Morgan fingerprint density at radius 3 is 2.56 bits per heavy atom. The molecule has 0 saturated carbocycles. The Labute approximate surface area is 258 Å². The van der Waals surface area contributed by atoms with E-state index in [2.05, 4.69) is 5.32 Å². The van der Waals surface area contributed by atoms with E-state index in [1.165, 1.54) is 11.8 Å². The molecule has 6 rings (SSSR count). The molecule has 0 bridgehead atoms. The van der Waals surface area contributed by atoms with Crippen molar-refractivity contribution in [3.63, 3.8) is 0 Å². The van der Waals surface area contributed by atoms with Crippen molar-refractivity contribution in [3.8, 4) is 22.7 Å². The summed E-state index contributed by atoms with van der Waals surface area (Å²) >= 11 is 7.75. The van der Waals surface area contributed by atoms with Crippen molar-refractivity contribution >= 4 is 41.0 Å². The average molecular weight is 613 g/mol. The minimum atomic E-state index is -0.323. The summed E-state index contributed by atoms with van der Waals surface area (Å²) in [5.74, 6) is 1.49. The van der Waals surface area contributed by atoms with Crippen LogP contribution in [0, 0.1) is 6.92 Å². The third-order valence-corrected chi connectivity index (χ3v) is 8.74. The monoisotopic (exact) mass is 612 g/mol. The van der Waals surface area contributed by atoms with Crippen LogP contribution >= 0.6 is 23.4 Å². The van der Waals surface area contributed by atoms with Crippen LogP contribution in [0.2, 0.25) is 5.02 Å². The standard InChI is InChI=1S/C33H29ClN4O4S/c1-21-9-15-24(16-10-21)38-33-30(31(36-38)22-11-13-23(34)14-12-22)32(26-7-3-4-8-27(26)41-2)43-20-29(40)37(33)19-28(39)35-18-25-6-5-17-42-25/h3-17,32H,18-20H2,1-2H3,(H,35,39)/t32-/m0/s1. The molecule has 8 nitrogen and oxygen atoms in total. The number of rotatable bonds is 8. The van der Waals surface area contributed by atoms with Crippen LogP contribution in [0.1, 0.15) is 27.7 Å². The van der Waals surface area contributed by atoms with Crippen molar-refractivity contribution in [1.82, 2.24) is 15.1 Å². The molecular formula is C33H29ClN4O4S. The van der Waals surface area contributed by atoms with E-state index < -0.39 is 0 Å². The Kier molecular flexibility index (Phi) is 8.26. The molecule has 0 radical (unpaired) electrons. The van der Waals surface area contributed by atoms with E-state index in [1.54, 1.807) is 35.1 Å². The zero-order valence-corrected chi connectivity index (χ0v) is 25.2. The van der Waals surface area contributed by atoms with Gasteiger partial charge in [0.2, 0.25) is 11.8 Å². The maximum Gasteiger partial charge on any atom is 0.240 e. The molecule has 2 aromatic heterocycles. The van der Waals surface area contributed by atoms with Gasteiger partial charge < -0.3 is 14.5 Å². The fourth-order valence-corrected chi connectivity index (χ4v) is 6.48. The first kappa shape index (κ1) is 28.6. The lowest BCUT2D eigenvalue weighted by Crippen LogP contribution is -2.42. The number of aromatic nitrogens is 2. The van der Waals surface area contributed by atoms with Crippen LogP contribution in [-0.4, -0.2) is 41.0 Å². The third kappa shape index (κ3) is 5.91. The highest BCUT2D eigenvalue weighted by Crippen LogP contribution is 2.50. The van der Waals surface area contributed by atoms with E-state index in [4.69, 9.17) is 25.9 Å². The second kappa shape index (κ2) is 12.4. The van der Waals surface area contributed by atoms with Gasteiger partial charge in [-0.25, -0.2) is 4.68 Å². The highest BCUT2D eigenvalue weighted by Gasteiger charge is 2.38. The topological polar surface area (TPSA) is 89.6 Å². The van der Waals surface area contributed by atoms with Gasteiger partial charge in [-0.15, -0.1) is 11.8 Å². The molecule has 3 heterocycles. The van der Waals surface area contributed by atoms with Crippen molar-refractivity contribution in [2.45, 2.75) is 18.7 Å². The predicted molar refractivity (Wildman–Crippen MR) is 169 cm³/mol. The predicted octanol–water partition coefficient (Wildman–Crippen LogP) is 6.59. The van der Waals surface area contributed by atoms with Crippen molar-refractivity contribution in [2.24, 2.45) is 0 Å². The molecule has 0 unspecified atom stereocenters. The van der Waals surface area contributed by atoms with Gasteiger partial charge in [0.15, 0.2) is 0 Å². The zero-order chi connectivity index (χ0) is 29.9. The van der Waals surface area contributed by atoms with Crippen LogP contribution in [0.4, 0.5) is 5.82 Å². The van der Waals surface area contributed by atoms with E-state index >= 15 is 0 Å². The Balaban J connectivity index is 1.56. The van der Waals surface area contributed by atoms with E-state index in [0.717, 1.165) is 27.9 Å². The molecule has 0 saturated heterocycles. The Hall–Kier alpha value is -4.47. The van der Waals surface area contributed by atoms with Crippen LogP contribution < -0.4 is 15.0 Å². The summed E-state index contributed by atoms with van der Waals surface area (Å²) in [5, 5.41) is 8.28. The van der Waals surface area contributed by atoms with Gasteiger partial charge in [0.1, 0.15) is 23.9 Å². The largest absolute Gasteiger partial charge is 0.496 e. The normalized spacial score (nSPS) is 14.7. The van der Waals surface area contributed by atoms with Gasteiger partial charge in [-0.1, -0.05) is 59.6 Å². The van der Waals surface area contributed by atoms with Crippen LogP contribution in [0.3, 0.4) is 0 Å². The van der Waals surface area contributed by atoms with E-state index in [-0.39, 0.29) is 35.9 Å². The summed E-state index contributed by atoms with van der Waals surface area (Å²) in [6.45, 7) is 2.04. The number of amides is 2. The SMILES string of the molecule is COc1ccccc1[C@@H]1SCC(=O)N(CC(=O)NCc2ccco2)c2c1c(-c1ccc(Cl)cc1)nn2-c1ccc(C)cc1. The van der Waals surface area contributed by atoms with E-state index in [0.29, 0.717) is 28.0 Å². The number of carbonyl (C=O) groups is 2. The number of thioether (sulfide) groups is 1. The number of benzene rings is 3. The number of furan rings is 1. The number of carbonyl (C=O) groups excluding carboxylic acids is 2. The Morgan fingerprint density at radius 2 is 1.84 bits per heavy atom. The number of hydrogen-bond acceptors (Lipinski definition) is 6. The zero-order valence-electron chi connectivity index (χ0n) is 23.6. The summed E-state index contributed by atoms with van der Waals surface area (Å²) in [6.07, 6.45) is 1.56. The first-order chi connectivity index (χ1) is 20.9. The number of nitrogens with zero attached hydrogens (tertiary/aromatic N) is 3. The van der Waals surface area contributed by atoms with Crippen molar-refractivity contribution in [2.75, 3.05) is 24.3 Å². The molecule has 0 aliphatic carbocycles. The lowest BCUT2D eigenvalue weighted by atomic mass is 9.99. The number of hydrogen-bond donors (Lipinski definition) is 1. The van der Waals surface area contributed by atoms with Crippen molar-refractivity contribution in [1.29, 1.82) is 0 Å². The molecular weight excluding hydrogens is 584 g/mol. The van der Waals surface area contributed by atoms with E-state index in [9.17, 15) is 9.59 Å². The van der Waals surface area contributed by atoms with Crippen molar-refractivity contribution < 1.29 is 18.7 Å². The summed E-state index contributed by atoms with van der Waals surface area (Å²) in [6, 6.07) is 26.7. The number of halogens is 1. The molecule has 0 fully saturated rings. The number of ether oxygens (including phenoxy) is 1. The van der Waals surface area contributed by atoms with Gasteiger partial charge >= 0.3 is 0 Å². The van der Waals surface area contributed by atoms with Gasteiger partial charge in [-0.2, -0.15) is 5.10 Å². The molecule has 1 aliphatic rings. The second-order valence-corrected chi connectivity index (χ2v) is 11.6. The number of anilines is 1. The lowest BCUT2D eigenvalue weighted by molar-refractivity contribution is -0.123. The molecule has 3 aromatic carbocycles. The molecule has 1 aliphatic heterocycles. The van der Waals surface area contributed by atoms with Gasteiger partial charge in [0, 0.05) is 21.7 Å². The van der Waals surface area contributed by atoms with E-state index in [1.807, 2.05) is 79.7 Å². The Morgan fingerprint density at radius 1 is 1.07 bits per heavy atom. The smallest absolute Gasteiger partial charge is 0.240 e. The summed E-state index contributed by atoms with van der Waals surface area (Å²) in [4.78, 5) is 28.8. The summed E-state index contributed by atoms with van der Waals surface area (Å²) in [5.41, 5.74) is 5.10. The molecule has 2 amide bonds. The molecule has 5 aromatic rings. The summed E-state index contributed by atoms with van der Waals surface area (Å²) < 4.78 is 12.9. The molecule has 0 spiro atoms. The Bertz CT molecular complexity index is 1750. The first-order valence-electron chi connectivity index (χ1n) is 13.7. The maximum atomic E-state index is 13.9. The highest BCUT2D eigenvalue weighted by molar-refractivity contribution is 8.00. The number of methoxy groups -OCH3 is 1. The number of nitrogens with one attached hydrogen (secondary N) is 1.